The number of aliphatic hydroxyl groups is 1. The van der Waals surface area contributed by atoms with Crippen LogP contribution in [0.25, 0.3) is 0 Å². The van der Waals surface area contributed by atoms with Crippen molar-refractivity contribution >= 4 is 29.9 Å². The van der Waals surface area contributed by atoms with Gasteiger partial charge in [-0.1, -0.05) is 11.6 Å². The lowest BCUT2D eigenvalue weighted by atomic mass is 9.91. The van der Waals surface area contributed by atoms with Crippen molar-refractivity contribution in [2.24, 2.45) is 0 Å². The zero-order valence-electron chi connectivity index (χ0n) is 14.5. The van der Waals surface area contributed by atoms with Crippen molar-refractivity contribution in [1.29, 1.82) is 0 Å². The number of carbonyl (C=O) groups excluding carboxylic acids is 1. The van der Waals surface area contributed by atoms with E-state index in [4.69, 9.17) is 25.8 Å². The maximum Gasteiger partial charge on any atom is 0.252 e. The summed E-state index contributed by atoms with van der Waals surface area (Å²) in [7, 11) is 1.54. The van der Waals surface area contributed by atoms with Crippen LogP contribution in [0, 0.1) is 0 Å². The molecule has 0 spiro atoms. The van der Waals surface area contributed by atoms with Gasteiger partial charge >= 0.3 is 0 Å². The van der Waals surface area contributed by atoms with Crippen LogP contribution in [-0.4, -0.2) is 56.6 Å². The highest BCUT2D eigenvalue weighted by Gasteiger charge is 2.39. The molecule has 2 heterocycles. The Bertz CT molecular complexity index is 638. The molecule has 1 amide bonds. The minimum absolute atomic E-state index is 0. The Morgan fingerprint density at radius 2 is 2.08 bits per heavy atom. The second-order valence-electron chi connectivity index (χ2n) is 6.20. The van der Waals surface area contributed by atoms with Crippen LogP contribution in [0.15, 0.2) is 12.1 Å². The molecule has 0 saturated carbocycles. The highest BCUT2D eigenvalue weighted by atomic mass is 35.5. The summed E-state index contributed by atoms with van der Waals surface area (Å²) in [5.74, 6) is 0.783. The van der Waals surface area contributed by atoms with E-state index in [-0.39, 0.29) is 24.9 Å². The van der Waals surface area contributed by atoms with Crippen molar-refractivity contribution < 1.29 is 24.1 Å². The van der Waals surface area contributed by atoms with Crippen molar-refractivity contribution in [2.75, 3.05) is 40.0 Å². The maximum absolute atomic E-state index is 12.5. The average Bonchev–Trinajstić information content (AvgIpc) is 2.66. The van der Waals surface area contributed by atoms with Gasteiger partial charge in [0, 0.05) is 13.7 Å². The van der Waals surface area contributed by atoms with Crippen LogP contribution in [-0.2, 0) is 9.53 Å². The largest absolute Gasteiger partial charge is 0.486 e. The molecule has 146 valence electrons. The van der Waals surface area contributed by atoms with E-state index in [1.54, 1.807) is 19.2 Å². The fourth-order valence-electron chi connectivity index (χ4n) is 3.15. The van der Waals surface area contributed by atoms with Crippen LogP contribution < -0.4 is 20.1 Å². The number of ether oxygens (including phenoxy) is 3. The van der Waals surface area contributed by atoms with E-state index in [1.165, 1.54) is 0 Å². The van der Waals surface area contributed by atoms with Crippen molar-refractivity contribution in [3.63, 3.8) is 0 Å². The fourth-order valence-corrected chi connectivity index (χ4v) is 3.42. The molecule has 9 heteroatoms. The maximum atomic E-state index is 12.5. The Balaban J connectivity index is 0.00000243. The molecule has 26 heavy (non-hydrogen) atoms. The van der Waals surface area contributed by atoms with Gasteiger partial charge in [0.05, 0.1) is 11.1 Å². The molecule has 1 unspecified atom stereocenters. The van der Waals surface area contributed by atoms with Crippen molar-refractivity contribution in [2.45, 2.75) is 24.5 Å². The zero-order valence-corrected chi connectivity index (χ0v) is 16.1. The van der Waals surface area contributed by atoms with E-state index in [0.717, 1.165) is 13.1 Å². The topological polar surface area (TPSA) is 89.1 Å². The summed E-state index contributed by atoms with van der Waals surface area (Å²) >= 11 is 6.19. The number of hydrogen-bond acceptors (Lipinski definition) is 6. The van der Waals surface area contributed by atoms with Gasteiger partial charge in [-0.3, -0.25) is 4.79 Å². The number of halogens is 2. The Morgan fingerprint density at radius 1 is 1.38 bits per heavy atom. The first-order valence-corrected chi connectivity index (χ1v) is 8.75. The lowest BCUT2D eigenvalue weighted by Crippen LogP contribution is -2.54. The van der Waals surface area contributed by atoms with Crippen molar-refractivity contribution in [1.82, 2.24) is 10.6 Å². The van der Waals surface area contributed by atoms with Gasteiger partial charge in [-0.25, -0.2) is 0 Å². The molecule has 1 saturated heterocycles. The predicted octanol–water partition coefficient (Wildman–Crippen LogP) is 1.45. The van der Waals surface area contributed by atoms with Gasteiger partial charge in [-0.15, -0.1) is 12.4 Å². The first kappa shape index (κ1) is 21.1. The van der Waals surface area contributed by atoms with Gasteiger partial charge in [0.2, 0.25) is 0 Å². The summed E-state index contributed by atoms with van der Waals surface area (Å²) in [6, 6.07) is 3.32. The Labute approximate surface area is 163 Å². The number of hydrogen-bond donors (Lipinski definition) is 3. The van der Waals surface area contributed by atoms with Gasteiger partial charge < -0.3 is 30.0 Å². The number of piperidine rings is 1. The van der Waals surface area contributed by atoms with Crippen LogP contribution in [0.2, 0.25) is 5.02 Å². The predicted molar refractivity (Wildman–Crippen MR) is 99.5 cm³/mol. The third-order valence-corrected chi connectivity index (χ3v) is 4.96. The number of benzene rings is 1. The van der Waals surface area contributed by atoms with Crippen LogP contribution in [0.1, 0.15) is 24.5 Å². The summed E-state index contributed by atoms with van der Waals surface area (Å²) < 4.78 is 16.5. The highest BCUT2D eigenvalue weighted by molar-refractivity contribution is 6.32. The molecule has 0 aliphatic carbocycles. The van der Waals surface area contributed by atoms with Gasteiger partial charge in [-0.05, 0) is 43.6 Å². The number of fused-ring (bicyclic) bond motifs is 1. The second kappa shape index (κ2) is 9.10. The molecule has 0 bridgehead atoms. The van der Waals surface area contributed by atoms with Crippen molar-refractivity contribution in [3.8, 4) is 11.5 Å². The molecule has 1 atom stereocenters. The van der Waals surface area contributed by atoms with Gasteiger partial charge in [0.15, 0.2) is 11.5 Å². The van der Waals surface area contributed by atoms with Crippen LogP contribution >= 0.6 is 24.0 Å². The van der Waals surface area contributed by atoms with E-state index in [2.05, 4.69) is 10.6 Å². The Kier molecular flexibility index (Phi) is 7.37. The summed E-state index contributed by atoms with van der Waals surface area (Å²) in [6.07, 6.45) is 0.288. The number of amides is 1. The van der Waals surface area contributed by atoms with E-state index in [0.29, 0.717) is 48.1 Å². The van der Waals surface area contributed by atoms with Gasteiger partial charge in [-0.2, -0.15) is 0 Å². The smallest absolute Gasteiger partial charge is 0.252 e. The molecule has 3 N–H and O–H groups in total. The van der Waals surface area contributed by atoms with Crippen LogP contribution in [0.5, 0.6) is 11.5 Å². The molecule has 1 aromatic rings. The van der Waals surface area contributed by atoms with E-state index in [1.807, 2.05) is 0 Å². The SMILES string of the molecule is COC1(C(=O)NCC(O)c2cc(Cl)c3c(c2)OCCO3)CCNCC1.Cl. The fraction of sp³-hybridized carbons (Fsp3) is 0.588. The van der Waals surface area contributed by atoms with Gasteiger partial charge in [0.25, 0.3) is 5.91 Å². The summed E-state index contributed by atoms with van der Waals surface area (Å²) in [5.41, 5.74) is -0.276. The number of carbonyl (C=O) groups is 1. The molecular weight excluding hydrogens is 383 g/mol. The normalized spacial score (nSPS) is 19.2. The summed E-state index contributed by atoms with van der Waals surface area (Å²) in [6.45, 7) is 2.39. The first-order chi connectivity index (χ1) is 12.1. The number of rotatable bonds is 5. The van der Waals surface area contributed by atoms with E-state index >= 15 is 0 Å². The quantitative estimate of drug-likeness (QED) is 0.685. The standard InChI is InChI=1S/C17H23ClN2O5.ClH/c1-23-17(2-4-19-5-3-17)16(22)20-10-13(21)11-8-12(18)15-14(9-11)24-6-7-25-15;/h8-9,13,19,21H,2-7,10H2,1H3,(H,20,22);1H. The monoisotopic (exact) mass is 406 g/mol. The molecule has 2 aliphatic heterocycles. The second-order valence-corrected chi connectivity index (χ2v) is 6.61. The minimum atomic E-state index is -0.909. The molecule has 0 aromatic heterocycles. The number of aliphatic hydroxyl groups excluding tert-OH is 1. The molecule has 1 aromatic carbocycles. The summed E-state index contributed by atoms with van der Waals surface area (Å²) in [4.78, 5) is 12.5. The molecule has 7 nitrogen and oxygen atoms in total. The number of methoxy groups -OCH3 is 1. The average molecular weight is 407 g/mol. The lowest BCUT2D eigenvalue weighted by Gasteiger charge is -2.35. The number of nitrogens with one attached hydrogen (secondary N) is 2. The van der Waals surface area contributed by atoms with Crippen LogP contribution in [0.3, 0.4) is 0 Å². The minimum Gasteiger partial charge on any atom is -0.486 e. The third kappa shape index (κ3) is 4.35. The first-order valence-electron chi connectivity index (χ1n) is 8.37. The lowest BCUT2D eigenvalue weighted by molar-refractivity contribution is -0.147. The van der Waals surface area contributed by atoms with Crippen molar-refractivity contribution in [3.05, 3.63) is 22.7 Å². The van der Waals surface area contributed by atoms with Gasteiger partial charge in [0.1, 0.15) is 18.8 Å². The molecular formula is C17H24Cl2N2O5. The zero-order chi connectivity index (χ0) is 17.9. The Morgan fingerprint density at radius 3 is 2.77 bits per heavy atom. The van der Waals surface area contributed by atoms with E-state index in [9.17, 15) is 9.90 Å². The van der Waals surface area contributed by atoms with E-state index < -0.39 is 11.7 Å². The molecule has 0 radical (unpaired) electrons. The summed E-state index contributed by atoms with van der Waals surface area (Å²) in [5, 5.41) is 16.8. The third-order valence-electron chi connectivity index (χ3n) is 4.68. The Hall–Kier alpha value is -1.25. The molecule has 1 fully saturated rings. The van der Waals surface area contributed by atoms with Crippen LogP contribution in [0.4, 0.5) is 0 Å². The highest BCUT2D eigenvalue weighted by Crippen LogP contribution is 2.39. The molecule has 2 aliphatic rings. The molecule has 3 rings (SSSR count).